The number of ether oxygens (including phenoxy) is 1. The fraction of sp³-hybridized carbons (Fsp3) is 0.500. The fourth-order valence-corrected chi connectivity index (χ4v) is 2.04. The van der Waals surface area contributed by atoms with Crippen LogP contribution in [-0.2, 0) is 16.0 Å². The zero-order valence-electron chi connectivity index (χ0n) is 13.0. The summed E-state index contributed by atoms with van der Waals surface area (Å²) < 4.78 is 5.50. The fourth-order valence-electron chi connectivity index (χ4n) is 2.04. The van der Waals surface area contributed by atoms with Gasteiger partial charge in [-0.25, -0.2) is 0 Å². The molecule has 1 rings (SSSR count). The lowest BCUT2D eigenvalue weighted by Crippen LogP contribution is -2.40. The maximum absolute atomic E-state index is 11.0. The highest BCUT2D eigenvalue weighted by molar-refractivity contribution is 5.75. The Balaban J connectivity index is 2.35. The molecule has 1 unspecified atom stereocenters. The first-order valence-corrected chi connectivity index (χ1v) is 7.62. The molecule has 0 bridgehead atoms. The topological polar surface area (TPSA) is 122 Å². The Bertz CT molecular complexity index is 490. The molecule has 7 nitrogen and oxygen atoms in total. The van der Waals surface area contributed by atoms with Crippen molar-refractivity contribution in [3.63, 3.8) is 0 Å². The molecule has 23 heavy (non-hydrogen) atoms. The molecule has 0 fully saturated rings. The molecule has 0 amide bonds. The van der Waals surface area contributed by atoms with E-state index in [1.807, 2.05) is 24.3 Å². The van der Waals surface area contributed by atoms with Crippen LogP contribution in [0.15, 0.2) is 24.3 Å². The van der Waals surface area contributed by atoms with Crippen molar-refractivity contribution in [1.29, 1.82) is 0 Å². The van der Waals surface area contributed by atoms with E-state index in [2.05, 4.69) is 5.32 Å². The molecule has 0 radical (unpaired) electrons. The second-order valence-electron chi connectivity index (χ2n) is 5.19. The Labute approximate surface area is 135 Å². The van der Waals surface area contributed by atoms with Crippen LogP contribution in [0, 0.1) is 0 Å². The lowest BCUT2D eigenvalue weighted by Gasteiger charge is -2.13. The third-order valence-electron chi connectivity index (χ3n) is 3.32. The van der Waals surface area contributed by atoms with Gasteiger partial charge in [0, 0.05) is 6.42 Å². The lowest BCUT2D eigenvalue weighted by atomic mass is 10.1. The molecule has 128 valence electrons. The van der Waals surface area contributed by atoms with Gasteiger partial charge in [0.05, 0.1) is 13.2 Å². The molecule has 7 heteroatoms. The van der Waals surface area contributed by atoms with E-state index in [0.29, 0.717) is 12.3 Å². The summed E-state index contributed by atoms with van der Waals surface area (Å²) in [4.78, 5) is 21.5. The zero-order chi connectivity index (χ0) is 17.1. The largest absolute Gasteiger partial charge is 0.494 e. The third kappa shape index (κ3) is 8.18. The van der Waals surface area contributed by atoms with Crippen LogP contribution in [0.2, 0.25) is 0 Å². The minimum atomic E-state index is -1.10. The van der Waals surface area contributed by atoms with Crippen LogP contribution in [-0.4, -0.2) is 47.9 Å². The smallest absolute Gasteiger partial charge is 0.320 e. The van der Waals surface area contributed by atoms with Gasteiger partial charge in [-0.3, -0.25) is 14.9 Å². The van der Waals surface area contributed by atoms with Gasteiger partial charge in [-0.15, -0.1) is 0 Å². The van der Waals surface area contributed by atoms with E-state index in [-0.39, 0.29) is 13.0 Å². The van der Waals surface area contributed by atoms with Crippen LogP contribution >= 0.6 is 0 Å². The number of unbranched alkanes of at least 4 members (excludes halogenated alkanes) is 1. The molecular formula is C16H24N2O5. The summed E-state index contributed by atoms with van der Waals surface area (Å²) in [5.41, 5.74) is 6.66. The van der Waals surface area contributed by atoms with Crippen molar-refractivity contribution in [2.24, 2.45) is 5.73 Å². The summed E-state index contributed by atoms with van der Waals surface area (Å²) in [6.07, 6.45) is 3.20. The minimum absolute atomic E-state index is 0.181. The van der Waals surface area contributed by atoms with E-state index in [1.54, 1.807) is 0 Å². The van der Waals surface area contributed by atoms with Gasteiger partial charge in [-0.1, -0.05) is 12.1 Å². The number of carbonyl (C=O) groups is 2. The number of carboxylic acid groups (broad SMARTS) is 2. The molecule has 0 spiro atoms. The summed E-state index contributed by atoms with van der Waals surface area (Å²) in [5.74, 6) is -1.53. The van der Waals surface area contributed by atoms with Crippen LogP contribution in [0.1, 0.15) is 24.8 Å². The molecule has 0 heterocycles. The molecule has 1 aromatic rings. The SMILES string of the molecule is NCCCCc1ccc(OCCC(NCC(=O)O)C(=O)O)cc1. The molecule has 5 N–H and O–H groups in total. The lowest BCUT2D eigenvalue weighted by molar-refractivity contribution is -0.140. The summed E-state index contributed by atoms with van der Waals surface area (Å²) in [6.45, 7) is 0.492. The third-order valence-corrected chi connectivity index (χ3v) is 3.32. The van der Waals surface area contributed by atoms with Gasteiger partial charge >= 0.3 is 11.9 Å². The number of rotatable bonds is 12. The maximum Gasteiger partial charge on any atom is 0.320 e. The van der Waals surface area contributed by atoms with Crippen LogP contribution < -0.4 is 15.8 Å². The number of benzene rings is 1. The number of aryl methyl sites for hydroxylation is 1. The highest BCUT2D eigenvalue weighted by Crippen LogP contribution is 2.14. The molecule has 0 saturated carbocycles. The predicted molar refractivity (Wildman–Crippen MR) is 85.6 cm³/mol. The number of aliphatic carboxylic acids is 2. The molecule has 0 aromatic heterocycles. The predicted octanol–water partition coefficient (Wildman–Crippen LogP) is 0.864. The highest BCUT2D eigenvalue weighted by atomic mass is 16.5. The first-order valence-electron chi connectivity index (χ1n) is 7.62. The van der Waals surface area contributed by atoms with Crippen molar-refractivity contribution in [2.45, 2.75) is 31.7 Å². The van der Waals surface area contributed by atoms with Gasteiger partial charge in [0.25, 0.3) is 0 Å². The van der Waals surface area contributed by atoms with Crippen LogP contribution in [0.25, 0.3) is 0 Å². The van der Waals surface area contributed by atoms with Gasteiger partial charge < -0.3 is 20.7 Å². The quantitative estimate of drug-likeness (QED) is 0.421. The van der Waals surface area contributed by atoms with E-state index in [9.17, 15) is 9.59 Å². The maximum atomic E-state index is 11.0. The summed E-state index contributed by atoms with van der Waals surface area (Å²) >= 11 is 0. The number of nitrogens with one attached hydrogen (secondary N) is 1. The normalized spacial score (nSPS) is 11.9. The van der Waals surface area contributed by atoms with Crippen molar-refractivity contribution in [3.8, 4) is 5.75 Å². The second kappa shape index (κ2) is 10.6. The van der Waals surface area contributed by atoms with Gasteiger partial charge in [0.2, 0.25) is 0 Å². The van der Waals surface area contributed by atoms with Gasteiger partial charge in [0.15, 0.2) is 0 Å². The number of carboxylic acids is 2. The average Bonchev–Trinajstić information content (AvgIpc) is 2.51. The Morgan fingerprint density at radius 1 is 1.17 bits per heavy atom. The number of hydrogen-bond donors (Lipinski definition) is 4. The van der Waals surface area contributed by atoms with E-state index in [1.165, 1.54) is 5.56 Å². The molecule has 0 aliphatic carbocycles. The van der Waals surface area contributed by atoms with E-state index >= 15 is 0 Å². The number of nitrogens with two attached hydrogens (primary N) is 1. The molecule has 1 atom stereocenters. The van der Waals surface area contributed by atoms with Crippen LogP contribution in [0.3, 0.4) is 0 Å². The molecular weight excluding hydrogens is 300 g/mol. The Hall–Kier alpha value is -2.12. The first-order chi connectivity index (χ1) is 11.0. The second-order valence-corrected chi connectivity index (χ2v) is 5.19. The van der Waals surface area contributed by atoms with E-state index in [4.69, 9.17) is 20.7 Å². The monoisotopic (exact) mass is 324 g/mol. The zero-order valence-corrected chi connectivity index (χ0v) is 13.0. The molecule has 0 aliphatic rings. The van der Waals surface area contributed by atoms with Gasteiger partial charge in [0.1, 0.15) is 11.8 Å². The van der Waals surface area contributed by atoms with Crippen molar-refractivity contribution in [1.82, 2.24) is 5.32 Å². The Kier molecular flexibility index (Phi) is 8.71. The highest BCUT2D eigenvalue weighted by Gasteiger charge is 2.17. The molecule has 0 aliphatic heterocycles. The summed E-state index contributed by atoms with van der Waals surface area (Å²) in [7, 11) is 0. The van der Waals surface area contributed by atoms with Gasteiger partial charge in [-0.05, 0) is 43.5 Å². The van der Waals surface area contributed by atoms with E-state index in [0.717, 1.165) is 19.3 Å². The molecule has 1 aromatic carbocycles. The van der Waals surface area contributed by atoms with Crippen LogP contribution in [0.5, 0.6) is 5.75 Å². The van der Waals surface area contributed by atoms with E-state index < -0.39 is 24.5 Å². The molecule has 0 saturated heterocycles. The first kappa shape index (κ1) is 18.9. The Morgan fingerprint density at radius 2 is 1.87 bits per heavy atom. The van der Waals surface area contributed by atoms with Gasteiger partial charge in [-0.2, -0.15) is 0 Å². The van der Waals surface area contributed by atoms with Crippen LogP contribution in [0.4, 0.5) is 0 Å². The average molecular weight is 324 g/mol. The Morgan fingerprint density at radius 3 is 2.43 bits per heavy atom. The van der Waals surface area contributed by atoms with Crippen molar-refractivity contribution in [3.05, 3.63) is 29.8 Å². The summed E-state index contributed by atoms with van der Waals surface area (Å²) in [6, 6.07) is 6.70. The standard InChI is InChI=1S/C16H24N2O5/c17-9-2-1-3-12-4-6-13(7-5-12)23-10-8-14(16(21)22)18-11-15(19)20/h4-7,14,18H,1-3,8-11,17H2,(H,19,20)(H,21,22). The van der Waals surface area contributed by atoms with Crippen molar-refractivity contribution >= 4 is 11.9 Å². The minimum Gasteiger partial charge on any atom is -0.494 e. The number of hydrogen-bond acceptors (Lipinski definition) is 5. The van der Waals surface area contributed by atoms with Crippen molar-refractivity contribution in [2.75, 3.05) is 19.7 Å². The van der Waals surface area contributed by atoms with Crippen molar-refractivity contribution < 1.29 is 24.5 Å². The summed E-state index contributed by atoms with van der Waals surface area (Å²) in [5, 5.41) is 20.0.